The zero-order chi connectivity index (χ0) is 16.0. The monoisotopic (exact) mass is 315 g/mol. The summed E-state index contributed by atoms with van der Waals surface area (Å²) in [7, 11) is 0. The van der Waals surface area contributed by atoms with Crippen molar-refractivity contribution in [3.63, 3.8) is 0 Å². The van der Waals surface area contributed by atoms with E-state index < -0.39 is 28.5 Å². The highest BCUT2D eigenvalue weighted by molar-refractivity contribution is 8.01. The number of amides is 1. The normalized spacial score (nSPS) is 26.9. The summed E-state index contributed by atoms with van der Waals surface area (Å²) in [5.74, 6) is -2.34. The number of esters is 2. The van der Waals surface area contributed by atoms with E-state index in [0.717, 1.165) is 0 Å². The molecule has 2 aliphatic rings. The average molecular weight is 315 g/mol. The van der Waals surface area contributed by atoms with Crippen molar-refractivity contribution in [3.8, 4) is 0 Å². The standard InChI is InChI=1S/C14H21NO5S/c1-6-10(17)19-14(4,5)20-12(18)11-13(2,3)21-9-7-8(16)15(9)11/h9,11H,6-7H2,1-5H3/t9-,11+/m1/s1. The maximum absolute atomic E-state index is 12.5. The van der Waals surface area contributed by atoms with Crippen LogP contribution in [0.3, 0.4) is 0 Å². The molecule has 0 spiro atoms. The van der Waals surface area contributed by atoms with Gasteiger partial charge in [0.1, 0.15) is 6.04 Å². The zero-order valence-electron chi connectivity index (χ0n) is 13.0. The average Bonchev–Trinajstić information content (AvgIpc) is 2.54. The summed E-state index contributed by atoms with van der Waals surface area (Å²) in [5.41, 5.74) is 0. The summed E-state index contributed by atoms with van der Waals surface area (Å²) in [4.78, 5) is 37.1. The van der Waals surface area contributed by atoms with Crippen molar-refractivity contribution in [2.24, 2.45) is 0 Å². The minimum absolute atomic E-state index is 0.0385. The third-order valence-corrected chi connectivity index (χ3v) is 5.04. The number of β-lactam (4-membered cyclic amide) rings is 1. The largest absolute Gasteiger partial charge is 0.423 e. The maximum atomic E-state index is 12.5. The zero-order valence-corrected chi connectivity index (χ0v) is 13.8. The number of carbonyl (C=O) groups excluding carboxylic acids is 3. The molecule has 2 aliphatic heterocycles. The summed E-state index contributed by atoms with van der Waals surface area (Å²) < 4.78 is 10.0. The molecule has 0 N–H and O–H groups in total. The quantitative estimate of drug-likeness (QED) is 0.446. The molecule has 2 fully saturated rings. The lowest BCUT2D eigenvalue weighted by Crippen LogP contribution is -2.58. The molecule has 118 valence electrons. The number of hydrogen-bond acceptors (Lipinski definition) is 6. The van der Waals surface area contributed by atoms with Crippen molar-refractivity contribution in [1.82, 2.24) is 4.90 Å². The van der Waals surface area contributed by atoms with Crippen LogP contribution in [0.5, 0.6) is 0 Å². The highest BCUT2D eigenvalue weighted by atomic mass is 32.2. The van der Waals surface area contributed by atoms with Gasteiger partial charge in [0.15, 0.2) is 0 Å². The first-order chi connectivity index (χ1) is 9.57. The molecule has 2 heterocycles. The second kappa shape index (κ2) is 5.19. The van der Waals surface area contributed by atoms with Gasteiger partial charge in [-0.2, -0.15) is 0 Å². The van der Waals surface area contributed by atoms with E-state index >= 15 is 0 Å². The maximum Gasteiger partial charge on any atom is 0.333 e. The SMILES string of the molecule is CCC(=O)OC(C)(C)OC(=O)[C@@H]1N2C(=O)C[C@H]2SC1(C)C. The van der Waals surface area contributed by atoms with E-state index in [1.807, 2.05) is 13.8 Å². The highest BCUT2D eigenvalue weighted by Gasteiger charge is 2.59. The molecule has 7 heteroatoms. The lowest BCUT2D eigenvalue weighted by Gasteiger charge is -2.38. The predicted molar refractivity (Wildman–Crippen MR) is 77.3 cm³/mol. The van der Waals surface area contributed by atoms with Gasteiger partial charge in [-0.15, -0.1) is 11.8 Å². The number of hydrogen-bond donors (Lipinski definition) is 0. The molecule has 2 rings (SSSR count). The number of carbonyl (C=O) groups is 3. The number of ether oxygens (including phenoxy) is 2. The van der Waals surface area contributed by atoms with E-state index in [2.05, 4.69) is 0 Å². The van der Waals surface area contributed by atoms with Gasteiger partial charge in [-0.25, -0.2) is 4.79 Å². The molecule has 2 atom stereocenters. The van der Waals surface area contributed by atoms with Crippen LogP contribution in [0.1, 0.15) is 47.5 Å². The topological polar surface area (TPSA) is 72.9 Å². The second-order valence-electron chi connectivity index (χ2n) is 6.23. The Labute approximate surface area is 128 Å². The Balaban J connectivity index is 2.08. The fraction of sp³-hybridized carbons (Fsp3) is 0.786. The molecule has 0 aromatic heterocycles. The highest BCUT2D eigenvalue weighted by Crippen LogP contribution is 2.51. The van der Waals surface area contributed by atoms with Crippen LogP contribution in [0.2, 0.25) is 0 Å². The molecule has 0 aromatic carbocycles. The molecule has 2 saturated heterocycles. The Kier molecular flexibility index (Phi) is 3.99. The molecule has 0 aromatic rings. The molecule has 0 radical (unpaired) electrons. The fourth-order valence-corrected chi connectivity index (χ4v) is 4.24. The van der Waals surface area contributed by atoms with Crippen molar-refractivity contribution < 1.29 is 23.9 Å². The Morgan fingerprint density at radius 3 is 2.52 bits per heavy atom. The summed E-state index contributed by atoms with van der Waals surface area (Å²) in [6.45, 7) is 8.53. The number of fused-ring (bicyclic) bond motifs is 1. The van der Waals surface area contributed by atoms with Gasteiger partial charge >= 0.3 is 11.9 Å². The van der Waals surface area contributed by atoms with Gasteiger partial charge in [0.05, 0.1) is 11.8 Å². The minimum atomic E-state index is -1.34. The van der Waals surface area contributed by atoms with Gasteiger partial charge in [0, 0.05) is 25.0 Å². The smallest absolute Gasteiger partial charge is 0.333 e. The van der Waals surface area contributed by atoms with Crippen molar-refractivity contribution in [1.29, 1.82) is 0 Å². The number of thioether (sulfide) groups is 1. The fourth-order valence-electron chi connectivity index (χ4n) is 2.62. The van der Waals surface area contributed by atoms with Gasteiger partial charge < -0.3 is 14.4 Å². The van der Waals surface area contributed by atoms with Crippen LogP contribution in [0.15, 0.2) is 0 Å². The van der Waals surface area contributed by atoms with E-state index in [-0.39, 0.29) is 17.7 Å². The van der Waals surface area contributed by atoms with Crippen molar-refractivity contribution in [3.05, 3.63) is 0 Å². The third kappa shape index (κ3) is 3.02. The Morgan fingerprint density at radius 1 is 1.38 bits per heavy atom. The van der Waals surface area contributed by atoms with Crippen molar-refractivity contribution >= 4 is 29.6 Å². The summed E-state index contributed by atoms with van der Waals surface area (Å²) in [5, 5.41) is 0.0476. The van der Waals surface area contributed by atoms with Gasteiger partial charge in [-0.05, 0) is 13.8 Å². The molecule has 0 saturated carbocycles. The van der Waals surface area contributed by atoms with Crippen molar-refractivity contribution in [2.75, 3.05) is 0 Å². The van der Waals surface area contributed by atoms with E-state index in [0.29, 0.717) is 6.42 Å². The number of rotatable bonds is 4. The predicted octanol–water partition coefficient (Wildman–Crippen LogP) is 1.67. The van der Waals surface area contributed by atoms with Gasteiger partial charge in [-0.3, -0.25) is 9.59 Å². The van der Waals surface area contributed by atoms with Crippen LogP contribution in [0.25, 0.3) is 0 Å². The molecule has 0 bridgehead atoms. The summed E-state index contributed by atoms with van der Waals surface area (Å²) in [6.07, 6.45) is 0.671. The van der Waals surface area contributed by atoms with Crippen LogP contribution in [-0.4, -0.2) is 44.7 Å². The molecule has 6 nitrogen and oxygen atoms in total. The van der Waals surface area contributed by atoms with E-state index in [1.54, 1.807) is 23.6 Å². The lowest BCUT2D eigenvalue weighted by molar-refractivity contribution is -0.220. The van der Waals surface area contributed by atoms with Crippen LogP contribution >= 0.6 is 11.8 Å². The molecule has 1 amide bonds. The Bertz CT molecular complexity index is 488. The molecule has 0 aliphatic carbocycles. The van der Waals surface area contributed by atoms with Crippen LogP contribution < -0.4 is 0 Å². The van der Waals surface area contributed by atoms with E-state index in [9.17, 15) is 14.4 Å². The summed E-state index contributed by atoms with van der Waals surface area (Å²) in [6, 6.07) is -0.645. The van der Waals surface area contributed by atoms with E-state index in [4.69, 9.17) is 9.47 Å². The Morgan fingerprint density at radius 2 is 2.00 bits per heavy atom. The van der Waals surface area contributed by atoms with Crippen molar-refractivity contribution in [2.45, 2.75) is 69.4 Å². The molecule has 0 unspecified atom stereocenters. The van der Waals surface area contributed by atoms with Crippen LogP contribution in [0, 0.1) is 0 Å². The van der Waals surface area contributed by atoms with Gasteiger partial charge in [0.25, 0.3) is 5.79 Å². The van der Waals surface area contributed by atoms with E-state index in [1.165, 1.54) is 13.8 Å². The Hall–Kier alpha value is -1.24. The van der Waals surface area contributed by atoms with Crippen LogP contribution in [0.4, 0.5) is 0 Å². The van der Waals surface area contributed by atoms with Crippen LogP contribution in [-0.2, 0) is 23.9 Å². The first-order valence-corrected chi connectivity index (χ1v) is 7.89. The first-order valence-electron chi connectivity index (χ1n) is 7.01. The molecular weight excluding hydrogens is 294 g/mol. The molecule has 21 heavy (non-hydrogen) atoms. The third-order valence-electron chi connectivity index (χ3n) is 3.54. The summed E-state index contributed by atoms with van der Waals surface area (Å²) >= 11 is 1.60. The number of nitrogens with zero attached hydrogens (tertiary/aromatic N) is 1. The minimum Gasteiger partial charge on any atom is -0.423 e. The molecular formula is C14H21NO5S. The first kappa shape index (κ1) is 16.1. The second-order valence-corrected chi connectivity index (χ2v) is 8.06. The van der Waals surface area contributed by atoms with Gasteiger partial charge in [-0.1, -0.05) is 6.92 Å². The van der Waals surface area contributed by atoms with Gasteiger partial charge in [0.2, 0.25) is 5.91 Å². The lowest BCUT2D eigenvalue weighted by atomic mass is 9.98.